The molecule has 0 radical (unpaired) electrons. The Morgan fingerprint density at radius 3 is 1.46 bits per heavy atom. The van der Waals surface area contributed by atoms with Crippen molar-refractivity contribution in [3.8, 4) is 0 Å². The van der Waals surface area contributed by atoms with Gasteiger partial charge in [0.2, 0.25) is 0 Å². The number of carboxylic acid groups (broad SMARTS) is 1. The number of aliphatic carboxylic acids is 1. The van der Waals surface area contributed by atoms with Crippen LogP contribution in [0.1, 0.15) is 155 Å². The van der Waals surface area contributed by atoms with Crippen molar-refractivity contribution >= 4 is 25.7 Å². The van der Waals surface area contributed by atoms with E-state index in [2.05, 4.69) is 79.1 Å². The summed E-state index contributed by atoms with van der Waals surface area (Å²) in [4.78, 5) is 45.9. The highest BCUT2D eigenvalue weighted by atomic mass is 31.2. The smallest absolute Gasteiger partial charge is 0.472 e. The van der Waals surface area contributed by atoms with Gasteiger partial charge in [0.25, 0.3) is 0 Å². The molecule has 0 fully saturated rings. The number of nitrogens with two attached hydrogens (primary N) is 1. The molecule has 0 aromatic rings. The van der Waals surface area contributed by atoms with Gasteiger partial charge in [-0.15, -0.1) is 0 Å². The number of ether oxygens (including phenoxy) is 2. The van der Waals surface area contributed by atoms with Gasteiger partial charge in [-0.25, -0.2) is 4.57 Å². The van der Waals surface area contributed by atoms with Crippen molar-refractivity contribution in [2.24, 2.45) is 5.73 Å². The Labute approximate surface area is 338 Å². The molecule has 0 saturated carbocycles. The average molecular weight is 808 g/mol. The van der Waals surface area contributed by atoms with Gasteiger partial charge in [-0.1, -0.05) is 132 Å². The number of allylic oxidation sites excluding steroid dienone is 12. The molecule has 4 N–H and O–H groups in total. The van der Waals surface area contributed by atoms with Crippen molar-refractivity contribution < 1.29 is 47.5 Å². The zero-order chi connectivity index (χ0) is 41.4. The zero-order valence-electron chi connectivity index (χ0n) is 34.4. The second kappa shape index (κ2) is 38.8. The molecule has 0 rings (SSSR count). The molecular formula is C44H74NO10P. The Balaban J connectivity index is 4.53. The summed E-state index contributed by atoms with van der Waals surface area (Å²) >= 11 is 0. The SMILES string of the molecule is CCCCC/C=C\C/C=C\C/C=C\C/C=C\CCCC(=O)O[C@H](COC(=O)CCCCCCC/C=C\C/C=C\CCCCC)COP(=O)(O)OC[C@H](N)C(=O)O. The van der Waals surface area contributed by atoms with Crippen LogP contribution < -0.4 is 5.73 Å². The lowest BCUT2D eigenvalue weighted by Crippen LogP contribution is -2.34. The third-order valence-electron chi connectivity index (χ3n) is 8.43. The Morgan fingerprint density at radius 2 is 0.964 bits per heavy atom. The molecule has 0 aliphatic heterocycles. The third kappa shape index (κ3) is 37.8. The van der Waals surface area contributed by atoms with Crippen molar-refractivity contribution in [2.45, 2.75) is 167 Å². The van der Waals surface area contributed by atoms with Gasteiger partial charge < -0.3 is 25.2 Å². The molecule has 0 bridgehead atoms. The van der Waals surface area contributed by atoms with Crippen LogP contribution in [0.15, 0.2) is 72.9 Å². The number of phosphoric ester groups is 1. The Morgan fingerprint density at radius 1 is 0.554 bits per heavy atom. The van der Waals surface area contributed by atoms with E-state index in [-0.39, 0.29) is 19.4 Å². The first kappa shape index (κ1) is 52.9. The van der Waals surface area contributed by atoms with Crippen molar-refractivity contribution in [1.82, 2.24) is 0 Å². The van der Waals surface area contributed by atoms with Gasteiger partial charge in [-0.3, -0.25) is 23.4 Å². The van der Waals surface area contributed by atoms with Gasteiger partial charge in [-0.05, 0) is 83.5 Å². The standard InChI is InChI=1S/C44H74NO10P/c1-3-5-7-9-11-13-15-17-19-20-22-24-26-28-30-32-34-36-43(47)55-40(38-53-56(50,51)54-39-41(45)44(48)49)37-52-42(46)35-33-31-29-27-25-23-21-18-16-14-12-10-8-6-4-2/h11-14,17-19,21-22,24,28,30,40-41H,3-10,15-16,20,23,25-27,29,31-39,45H2,1-2H3,(H,48,49)(H,50,51)/b13-11-,14-12-,19-17-,21-18-,24-22-,30-28-/t40-,41+/m1/s1. The first-order chi connectivity index (χ1) is 27.1. The highest BCUT2D eigenvalue weighted by Crippen LogP contribution is 2.43. The molecule has 11 nitrogen and oxygen atoms in total. The van der Waals surface area contributed by atoms with E-state index in [0.29, 0.717) is 19.3 Å². The minimum atomic E-state index is -4.74. The molecule has 0 aliphatic rings. The van der Waals surface area contributed by atoms with Gasteiger partial charge in [0.1, 0.15) is 12.6 Å². The fraction of sp³-hybridized carbons (Fsp3) is 0.659. The van der Waals surface area contributed by atoms with E-state index >= 15 is 0 Å². The number of carboxylic acids is 1. The summed E-state index contributed by atoms with van der Waals surface area (Å²) in [6, 6.07) is -1.53. The van der Waals surface area contributed by atoms with Crippen LogP contribution in [-0.4, -0.2) is 59.9 Å². The maximum atomic E-state index is 12.6. The van der Waals surface area contributed by atoms with Crippen LogP contribution in [-0.2, 0) is 37.5 Å². The normalized spacial score (nSPS) is 14.5. The lowest BCUT2D eigenvalue weighted by molar-refractivity contribution is -0.161. The van der Waals surface area contributed by atoms with E-state index in [4.69, 9.17) is 24.8 Å². The lowest BCUT2D eigenvalue weighted by atomic mass is 10.1. The zero-order valence-corrected chi connectivity index (χ0v) is 35.3. The summed E-state index contributed by atoms with van der Waals surface area (Å²) in [6.07, 6.45) is 45.4. The number of esters is 2. The number of hydrogen-bond acceptors (Lipinski definition) is 9. The van der Waals surface area contributed by atoms with E-state index < -0.39 is 51.1 Å². The summed E-state index contributed by atoms with van der Waals surface area (Å²) in [5, 5.41) is 8.88. The van der Waals surface area contributed by atoms with Gasteiger partial charge >= 0.3 is 25.7 Å². The van der Waals surface area contributed by atoms with E-state index in [0.717, 1.165) is 70.6 Å². The van der Waals surface area contributed by atoms with E-state index in [1.165, 1.54) is 38.5 Å². The molecule has 1 unspecified atom stereocenters. The van der Waals surface area contributed by atoms with E-state index in [1.807, 2.05) is 12.2 Å². The number of carbonyl (C=O) groups excluding carboxylic acids is 2. The largest absolute Gasteiger partial charge is 0.480 e. The Hall–Kier alpha value is -3.08. The number of rotatable bonds is 38. The van der Waals surface area contributed by atoms with Crippen LogP contribution >= 0.6 is 7.82 Å². The molecule has 0 heterocycles. The van der Waals surface area contributed by atoms with Gasteiger partial charge in [0, 0.05) is 12.8 Å². The summed E-state index contributed by atoms with van der Waals surface area (Å²) in [5.41, 5.74) is 5.32. The number of unbranched alkanes of at least 4 members (excludes halogenated alkanes) is 12. The average Bonchev–Trinajstić information content (AvgIpc) is 3.17. The van der Waals surface area contributed by atoms with Crippen LogP contribution in [0.2, 0.25) is 0 Å². The molecule has 3 atom stereocenters. The molecule has 0 amide bonds. The predicted molar refractivity (Wildman–Crippen MR) is 226 cm³/mol. The highest BCUT2D eigenvalue weighted by Gasteiger charge is 2.28. The van der Waals surface area contributed by atoms with Crippen molar-refractivity contribution in [3.63, 3.8) is 0 Å². The first-order valence-corrected chi connectivity index (χ1v) is 22.5. The number of carbonyl (C=O) groups is 3. The third-order valence-corrected chi connectivity index (χ3v) is 9.38. The van der Waals surface area contributed by atoms with Crippen molar-refractivity contribution in [1.29, 1.82) is 0 Å². The molecule has 0 spiro atoms. The van der Waals surface area contributed by atoms with Crippen LogP contribution in [0.5, 0.6) is 0 Å². The molecule has 320 valence electrons. The molecule has 12 heteroatoms. The van der Waals surface area contributed by atoms with Crippen LogP contribution in [0.3, 0.4) is 0 Å². The van der Waals surface area contributed by atoms with Crippen molar-refractivity contribution in [3.05, 3.63) is 72.9 Å². The van der Waals surface area contributed by atoms with Gasteiger partial charge in [-0.2, -0.15) is 0 Å². The fourth-order valence-electron chi connectivity index (χ4n) is 5.09. The maximum Gasteiger partial charge on any atom is 0.472 e. The molecule has 0 aliphatic carbocycles. The lowest BCUT2D eigenvalue weighted by Gasteiger charge is -2.20. The molecule has 0 aromatic carbocycles. The van der Waals surface area contributed by atoms with E-state index in [1.54, 1.807) is 0 Å². The Bertz CT molecular complexity index is 1230. The van der Waals surface area contributed by atoms with Crippen LogP contribution in [0.25, 0.3) is 0 Å². The number of hydrogen-bond donors (Lipinski definition) is 3. The first-order valence-electron chi connectivity index (χ1n) is 21.0. The fourth-order valence-corrected chi connectivity index (χ4v) is 5.86. The van der Waals surface area contributed by atoms with E-state index in [9.17, 15) is 23.8 Å². The number of phosphoric acid groups is 1. The monoisotopic (exact) mass is 808 g/mol. The Kier molecular flexibility index (Phi) is 36.6. The highest BCUT2D eigenvalue weighted by molar-refractivity contribution is 7.47. The molecule has 0 saturated heterocycles. The minimum absolute atomic E-state index is 0.0786. The summed E-state index contributed by atoms with van der Waals surface area (Å²) < 4.78 is 32.6. The minimum Gasteiger partial charge on any atom is -0.480 e. The van der Waals surface area contributed by atoms with Crippen LogP contribution in [0, 0.1) is 0 Å². The van der Waals surface area contributed by atoms with Gasteiger partial charge in [0.15, 0.2) is 6.10 Å². The second-order valence-corrected chi connectivity index (χ2v) is 15.2. The summed E-state index contributed by atoms with van der Waals surface area (Å²) in [6.45, 7) is 2.66. The maximum absolute atomic E-state index is 12.6. The quantitative estimate of drug-likeness (QED) is 0.0235. The molecular weight excluding hydrogens is 733 g/mol. The topological polar surface area (TPSA) is 172 Å². The van der Waals surface area contributed by atoms with Gasteiger partial charge in [0.05, 0.1) is 13.2 Å². The molecule has 0 aromatic heterocycles. The summed E-state index contributed by atoms with van der Waals surface area (Å²) in [5.74, 6) is -2.48. The summed E-state index contributed by atoms with van der Waals surface area (Å²) in [7, 11) is -4.74. The van der Waals surface area contributed by atoms with Crippen molar-refractivity contribution in [2.75, 3.05) is 19.8 Å². The second-order valence-electron chi connectivity index (χ2n) is 13.8. The van der Waals surface area contributed by atoms with Crippen LogP contribution in [0.4, 0.5) is 0 Å². The molecule has 56 heavy (non-hydrogen) atoms. The predicted octanol–water partition coefficient (Wildman–Crippen LogP) is 10.9.